The Bertz CT molecular complexity index is 1060. The van der Waals surface area contributed by atoms with Gasteiger partial charge in [-0.15, -0.1) is 0 Å². The van der Waals surface area contributed by atoms with E-state index in [9.17, 15) is 19.5 Å². The first-order valence-electron chi connectivity index (χ1n) is 11.5. The molecular weight excluding hydrogens is 436 g/mol. The molecule has 2 N–H and O–H groups in total. The second-order valence-electron chi connectivity index (χ2n) is 8.00. The van der Waals surface area contributed by atoms with E-state index in [1.807, 2.05) is 0 Å². The minimum absolute atomic E-state index is 0.00800. The fourth-order valence-corrected chi connectivity index (χ4v) is 3.62. The van der Waals surface area contributed by atoms with E-state index >= 15 is 0 Å². The number of carbonyl (C=O) groups excluding carboxylic acids is 3. The highest BCUT2D eigenvalue weighted by atomic mass is 16.5. The Kier molecular flexibility index (Phi) is 8.67. The van der Waals surface area contributed by atoms with E-state index in [1.165, 1.54) is 63.1 Å². The van der Waals surface area contributed by atoms with Crippen molar-refractivity contribution < 1.29 is 29.0 Å². The fraction of sp³-hybridized carbons (Fsp3) is 0.346. The summed E-state index contributed by atoms with van der Waals surface area (Å²) >= 11 is 0. The number of nitrogens with one attached hydrogen (secondary N) is 1. The average Bonchev–Trinajstić information content (AvgIpc) is 2.82. The summed E-state index contributed by atoms with van der Waals surface area (Å²) in [5.74, 6) is -0.491. The summed E-state index contributed by atoms with van der Waals surface area (Å²) in [5, 5.41) is 11.6. The molecule has 0 radical (unpaired) electrons. The minimum Gasteiger partial charge on any atom is -0.508 e. The van der Waals surface area contributed by atoms with Crippen molar-refractivity contribution in [1.29, 1.82) is 0 Å². The number of unbranched alkanes of at least 4 members (excludes halogenated alkanes) is 5. The van der Waals surface area contributed by atoms with E-state index < -0.39 is 17.8 Å². The van der Waals surface area contributed by atoms with Crippen molar-refractivity contribution in [3.63, 3.8) is 0 Å². The molecule has 1 saturated heterocycles. The largest absolute Gasteiger partial charge is 0.508 e. The Morgan fingerprint density at radius 2 is 1.65 bits per heavy atom. The number of barbiturate groups is 1. The van der Waals surface area contributed by atoms with Crippen molar-refractivity contribution in [2.75, 3.05) is 18.6 Å². The van der Waals surface area contributed by atoms with Gasteiger partial charge in [-0.1, -0.05) is 45.1 Å². The molecular formula is C26H30N2O6. The number of hydrogen-bond donors (Lipinski definition) is 2. The van der Waals surface area contributed by atoms with Gasteiger partial charge >= 0.3 is 6.03 Å². The SMILES string of the molecule is CCCCCCCCOc1ccc(/C=C2/C(=O)NC(=O)N(c3ccc(O)cc3)C2=O)cc1OC. The summed E-state index contributed by atoms with van der Waals surface area (Å²) in [6, 6.07) is 9.80. The van der Waals surface area contributed by atoms with E-state index in [2.05, 4.69) is 12.2 Å². The molecule has 180 valence electrons. The number of hydrogen-bond acceptors (Lipinski definition) is 6. The summed E-state index contributed by atoms with van der Waals surface area (Å²) in [6.07, 6.45) is 8.37. The van der Waals surface area contributed by atoms with Crippen LogP contribution in [0.3, 0.4) is 0 Å². The molecule has 1 aliphatic heterocycles. The lowest BCUT2D eigenvalue weighted by Gasteiger charge is -2.26. The first-order valence-corrected chi connectivity index (χ1v) is 11.5. The number of phenols is 1. The van der Waals surface area contributed by atoms with Gasteiger partial charge in [-0.25, -0.2) is 9.69 Å². The molecule has 2 aromatic carbocycles. The molecule has 0 aromatic heterocycles. The van der Waals surface area contributed by atoms with E-state index in [-0.39, 0.29) is 17.0 Å². The first-order chi connectivity index (χ1) is 16.4. The van der Waals surface area contributed by atoms with E-state index in [4.69, 9.17) is 9.47 Å². The van der Waals surface area contributed by atoms with Crippen molar-refractivity contribution in [2.24, 2.45) is 0 Å². The van der Waals surface area contributed by atoms with Crippen LogP contribution in [-0.4, -0.2) is 36.7 Å². The molecule has 2 aromatic rings. The monoisotopic (exact) mass is 466 g/mol. The second-order valence-corrected chi connectivity index (χ2v) is 8.00. The first kappa shape index (κ1) is 24.8. The molecule has 34 heavy (non-hydrogen) atoms. The predicted molar refractivity (Wildman–Crippen MR) is 129 cm³/mol. The van der Waals surface area contributed by atoms with Crippen molar-refractivity contribution >= 4 is 29.6 Å². The number of rotatable bonds is 11. The number of phenolic OH excluding ortho intramolecular Hbond substituents is 1. The standard InChI is InChI=1S/C26H30N2O6/c1-3-4-5-6-7-8-15-34-22-14-9-18(17-23(22)33-2)16-21-24(30)27-26(32)28(25(21)31)19-10-12-20(29)13-11-19/h9-14,16-17,29H,3-8,15H2,1-2H3,(H,27,30,32)/b21-16-. The van der Waals surface area contributed by atoms with Crippen LogP contribution in [0, 0.1) is 0 Å². The van der Waals surface area contributed by atoms with E-state index in [0.29, 0.717) is 23.7 Å². The summed E-state index contributed by atoms with van der Waals surface area (Å²) < 4.78 is 11.3. The molecule has 0 bridgehead atoms. The van der Waals surface area contributed by atoms with Crippen molar-refractivity contribution in [2.45, 2.75) is 45.4 Å². The van der Waals surface area contributed by atoms with Gasteiger partial charge in [0.05, 0.1) is 19.4 Å². The van der Waals surface area contributed by atoms with Gasteiger partial charge in [0.2, 0.25) is 0 Å². The third-order valence-corrected chi connectivity index (χ3v) is 5.46. The number of nitrogens with zero attached hydrogens (tertiary/aromatic N) is 1. The third-order valence-electron chi connectivity index (χ3n) is 5.46. The molecule has 3 rings (SSSR count). The summed E-state index contributed by atoms with van der Waals surface area (Å²) in [7, 11) is 1.52. The van der Waals surface area contributed by atoms with Gasteiger partial charge in [0, 0.05) is 0 Å². The zero-order chi connectivity index (χ0) is 24.5. The number of carbonyl (C=O) groups is 3. The number of anilines is 1. The summed E-state index contributed by atoms with van der Waals surface area (Å²) in [4.78, 5) is 38.5. The topological polar surface area (TPSA) is 105 Å². The van der Waals surface area contributed by atoms with Crippen LogP contribution in [0.2, 0.25) is 0 Å². The van der Waals surface area contributed by atoms with Crippen LogP contribution in [-0.2, 0) is 9.59 Å². The zero-order valence-electron chi connectivity index (χ0n) is 19.5. The van der Waals surface area contributed by atoms with Gasteiger partial charge in [-0.2, -0.15) is 0 Å². The Morgan fingerprint density at radius 3 is 2.35 bits per heavy atom. The maximum absolute atomic E-state index is 13.0. The molecule has 4 amide bonds. The molecule has 0 saturated carbocycles. The smallest absolute Gasteiger partial charge is 0.335 e. The lowest BCUT2D eigenvalue weighted by Crippen LogP contribution is -2.54. The van der Waals surface area contributed by atoms with Crippen LogP contribution in [0.1, 0.15) is 51.0 Å². The predicted octanol–water partition coefficient (Wildman–Crippen LogP) is 4.81. The number of urea groups is 1. The Hall–Kier alpha value is -3.81. The van der Waals surface area contributed by atoms with Crippen molar-refractivity contribution in [1.82, 2.24) is 5.32 Å². The van der Waals surface area contributed by atoms with Crippen LogP contribution in [0.5, 0.6) is 17.2 Å². The summed E-state index contributed by atoms with van der Waals surface area (Å²) in [5.41, 5.74) is 0.576. The second kappa shape index (κ2) is 11.9. The minimum atomic E-state index is -0.853. The number of benzene rings is 2. The van der Waals surface area contributed by atoms with Gasteiger partial charge in [0.1, 0.15) is 11.3 Å². The quantitative estimate of drug-likeness (QED) is 0.280. The molecule has 0 spiro atoms. The Balaban J connectivity index is 1.73. The van der Waals surface area contributed by atoms with Crippen molar-refractivity contribution in [3.05, 3.63) is 53.6 Å². The van der Waals surface area contributed by atoms with Crippen LogP contribution in [0.15, 0.2) is 48.0 Å². The van der Waals surface area contributed by atoms with Gasteiger partial charge in [0.25, 0.3) is 11.8 Å². The molecule has 8 heteroatoms. The number of aromatic hydroxyl groups is 1. The average molecular weight is 467 g/mol. The molecule has 0 atom stereocenters. The van der Waals surface area contributed by atoms with Crippen LogP contribution >= 0.6 is 0 Å². The molecule has 1 fully saturated rings. The van der Waals surface area contributed by atoms with Gasteiger partial charge in [-0.3, -0.25) is 14.9 Å². The molecule has 1 aliphatic rings. The van der Waals surface area contributed by atoms with Crippen LogP contribution in [0.25, 0.3) is 6.08 Å². The molecule has 1 heterocycles. The van der Waals surface area contributed by atoms with Gasteiger partial charge < -0.3 is 14.6 Å². The maximum Gasteiger partial charge on any atom is 0.335 e. The third kappa shape index (κ3) is 6.15. The molecule has 8 nitrogen and oxygen atoms in total. The lowest BCUT2D eigenvalue weighted by molar-refractivity contribution is -0.122. The number of imide groups is 2. The normalized spacial score (nSPS) is 14.9. The Morgan fingerprint density at radius 1 is 0.941 bits per heavy atom. The highest BCUT2D eigenvalue weighted by Crippen LogP contribution is 2.30. The number of ether oxygens (including phenoxy) is 2. The maximum atomic E-state index is 13.0. The highest BCUT2D eigenvalue weighted by Gasteiger charge is 2.36. The number of amides is 4. The van der Waals surface area contributed by atoms with Gasteiger partial charge in [-0.05, 0) is 54.5 Å². The fourth-order valence-electron chi connectivity index (χ4n) is 3.62. The van der Waals surface area contributed by atoms with Crippen LogP contribution < -0.4 is 19.7 Å². The lowest BCUT2D eigenvalue weighted by atomic mass is 10.1. The molecule has 0 unspecified atom stereocenters. The van der Waals surface area contributed by atoms with E-state index in [0.717, 1.165) is 17.7 Å². The zero-order valence-corrected chi connectivity index (χ0v) is 19.5. The molecule has 0 aliphatic carbocycles. The number of methoxy groups -OCH3 is 1. The van der Waals surface area contributed by atoms with E-state index in [1.54, 1.807) is 18.2 Å². The summed E-state index contributed by atoms with van der Waals surface area (Å²) in [6.45, 7) is 2.77. The Labute approximate surface area is 199 Å². The van der Waals surface area contributed by atoms with Gasteiger partial charge in [0.15, 0.2) is 11.5 Å². The van der Waals surface area contributed by atoms with Crippen molar-refractivity contribution in [3.8, 4) is 17.2 Å². The highest BCUT2D eigenvalue weighted by molar-refractivity contribution is 6.39. The van der Waals surface area contributed by atoms with Crippen LogP contribution in [0.4, 0.5) is 10.5 Å².